The van der Waals surface area contributed by atoms with Crippen molar-refractivity contribution in [3.8, 4) is 5.75 Å². The zero-order valence-corrected chi connectivity index (χ0v) is 13.7. The molecule has 3 heteroatoms. The third-order valence-corrected chi connectivity index (χ3v) is 3.72. The lowest BCUT2D eigenvalue weighted by Crippen LogP contribution is -2.24. The first kappa shape index (κ1) is 17.3. The average molecular weight is 290 g/mol. The summed E-state index contributed by atoms with van der Waals surface area (Å²) >= 11 is 0. The summed E-state index contributed by atoms with van der Waals surface area (Å²) in [6, 6.07) is 4.14. The van der Waals surface area contributed by atoms with Gasteiger partial charge in [-0.1, -0.05) is 24.3 Å². The van der Waals surface area contributed by atoms with Crippen molar-refractivity contribution < 1.29 is 14.6 Å². The minimum Gasteiger partial charge on any atom is -0.493 e. The highest BCUT2D eigenvalue weighted by molar-refractivity contribution is 5.73. The predicted molar refractivity (Wildman–Crippen MR) is 86.8 cm³/mol. The van der Waals surface area contributed by atoms with Crippen LogP contribution < -0.4 is 4.74 Å². The van der Waals surface area contributed by atoms with Crippen LogP contribution in [0, 0.1) is 19.3 Å². The van der Waals surface area contributed by atoms with Crippen LogP contribution >= 0.6 is 0 Å². The Labute approximate surface area is 127 Å². The summed E-state index contributed by atoms with van der Waals surface area (Å²) in [5, 5.41) is 9.10. The van der Waals surface area contributed by atoms with Gasteiger partial charge in [0.2, 0.25) is 0 Å². The monoisotopic (exact) mass is 290 g/mol. The van der Waals surface area contributed by atoms with Gasteiger partial charge in [-0.25, -0.2) is 0 Å². The van der Waals surface area contributed by atoms with E-state index in [0.717, 1.165) is 23.3 Å². The number of hydrogen-bond acceptors (Lipinski definition) is 2. The quantitative estimate of drug-likeness (QED) is 0.746. The normalized spacial score (nSPS) is 11.9. The summed E-state index contributed by atoms with van der Waals surface area (Å²) in [7, 11) is 0. The third-order valence-electron chi connectivity index (χ3n) is 3.72. The van der Waals surface area contributed by atoms with E-state index in [1.807, 2.05) is 19.9 Å². The average Bonchev–Trinajstić information content (AvgIpc) is 2.41. The van der Waals surface area contributed by atoms with E-state index in [-0.39, 0.29) is 0 Å². The lowest BCUT2D eigenvalue weighted by molar-refractivity contribution is -0.147. The van der Waals surface area contributed by atoms with Crippen LogP contribution in [-0.4, -0.2) is 17.7 Å². The van der Waals surface area contributed by atoms with E-state index in [9.17, 15) is 4.79 Å². The van der Waals surface area contributed by atoms with Gasteiger partial charge < -0.3 is 9.84 Å². The molecule has 1 aromatic carbocycles. The molecule has 0 spiro atoms. The van der Waals surface area contributed by atoms with Crippen molar-refractivity contribution in [2.24, 2.45) is 5.41 Å². The van der Waals surface area contributed by atoms with Gasteiger partial charge in [0.05, 0.1) is 12.0 Å². The van der Waals surface area contributed by atoms with E-state index in [1.54, 1.807) is 13.8 Å². The van der Waals surface area contributed by atoms with Gasteiger partial charge in [0.25, 0.3) is 0 Å². The van der Waals surface area contributed by atoms with Crippen LogP contribution in [-0.2, 0) is 4.79 Å². The molecule has 0 saturated heterocycles. The molecule has 0 saturated carbocycles. The fourth-order valence-corrected chi connectivity index (χ4v) is 2.17. The standard InChI is InChI=1S/C18H26O3/c1-6-8-15-13(2)9-10-14(3)16(15)21-12-7-11-18(4,5)17(19)20/h6,8-10H,7,11-12H2,1-5H3,(H,19,20)/b8-6-. The van der Waals surface area contributed by atoms with Gasteiger partial charge in [-0.3, -0.25) is 4.79 Å². The van der Waals surface area contributed by atoms with Gasteiger partial charge in [-0.2, -0.15) is 0 Å². The van der Waals surface area contributed by atoms with Crippen LogP contribution in [0.2, 0.25) is 0 Å². The van der Waals surface area contributed by atoms with E-state index in [0.29, 0.717) is 13.0 Å². The summed E-state index contributed by atoms with van der Waals surface area (Å²) in [5.74, 6) is 0.144. The molecule has 1 aromatic rings. The number of aryl methyl sites for hydroxylation is 2. The predicted octanol–water partition coefficient (Wildman–Crippen LogP) is 4.61. The molecule has 0 bridgehead atoms. The van der Waals surface area contributed by atoms with Crippen molar-refractivity contribution in [3.05, 3.63) is 34.9 Å². The Kier molecular flexibility index (Phi) is 6.01. The number of rotatable bonds is 7. The molecule has 3 nitrogen and oxygen atoms in total. The first-order chi connectivity index (χ1) is 9.79. The Hall–Kier alpha value is -1.77. The van der Waals surface area contributed by atoms with Crippen molar-refractivity contribution in [2.75, 3.05) is 6.61 Å². The SMILES string of the molecule is C/C=C\c1c(C)ccc(C)c1OCCCC(C)(C)C(=O)O. The van der Waals surface area contributed by atoms with Gasteiger partial charge in [0, 0.05) is 5.56 Å². The summed E-state index contributed by atoms with van der Waals surface area (Å²) in [6.07, 6.45) is 5.38. The molecule has 0 aliphatic rings. The van der Waals surface area contributed by atoms with Crippen molar-refractivity contribution in [1.82, 2.24) is 0 Å². The van der Waals surface area contributed by atoms with Crippen LogP contribution in [0.5, 0.6) is 5.75 Å². The fraction of sp³-hybridized carbons (Fsp3) is 0.500. The number of aliphatic carboxylic acids is 1. The molecule has 0 radical (unpaired) electrons. The molecule has 1 N–H and O–H groups in total. The molecule has 116 valence electrons. The summed E-state index contributed by atoms with van der Waals surface area (Å²) < 4.78 is 5.93. The maximum atomic E-state index is 11.1. The molecule has 1 rings (SSSR count). The number of hydrogen-bond donors (Lipinski definition) is 1. The molecule has 0 atom stereocenters. The molecule has 21 heavy (non-hydrogen) atoms. The van der Waals surface area contributed by atoms with E-state index in [1.165, 1.54) is 5.56 Å². The minimum atomic E-state index is -0.760. The van der Waals surface area contributed by atoms with E-state index < -0.39 is 11.4 Å². The fourth-order valence-electron chi connectivity index (χ4n) is 2.17. The van der Waals surface area contributed by atoms with Crippen LogP contribution in [0.15, 0.2) is 18.2 Å². The molecule has 0 aliphatic carbocycles. The van der Waals surface area contributed by atoms with Gasteiger partial charge in [-0.15, -0.1) is 0 Å². The smallest absolute Gasteiger partial charge is 0.309 e. The molecule has 0 aliphatic heterocycles. The summed E-state index contributed by atoms with van der Waals surface area (Å²) in [5.41, 5.74) is 2.69. The Balaban J connectivity index is 2.72. The summed E-state index contributed by atoms with van der Waals surface area (Å²) in [6.45, 7) is 10.1. The van der Waals surface area contributed by atoms with Crippen LogP contribution in [0.3, 0.4) is 0 Å². The maximum absolute atomic E-state index is 11.1. The molecule has 0 heterocycles. The van der Waals surface area contributed by atoms with Gasteiger partial charge in [-0.05, 0) is 58.6 Å². The molecular weight excluding hydrogens is 264 g/mol. The number of benzene rings is 1. The number of carboxylic acids is 1. The topological polar surface area (TPSA) is 46.5 Å². The number of allylic oxidation sites excluding steroid dienone is 1. The van der Waals surface area contributed by atoms with E-state index >= 15 is 0 Å². The Morgan fingerprint density at radius 3 is 2.48 bits per heavy atom. The molecule has 0 unspecified atom stereocenters. The molecule has 0 aromatic heterocycles. The highest BCUT2D eigenvalue weighted by atomic mass is 16.5. The van der Waals surface area contributed by atoms with E-state index in [4.69, 9.17) is 9.84 Å². The number of ether oxygens (including phenoxy) is 1. The molecule has 0 amide bonds. The van der Waals surface area contributed by atoms with Crippen molar-refractivity contribution in [3.63, 3.8) is 0 Å². The lowest BCUT2D eigenvalue weighted by atomic mass is 9.88. The van der Waals surface area contributed by atoms with Gasteiger partial charge in [0.1, 0.15) is 5.75 Å². The number of carboxylic acid groups (broad SMARTS) is 1. The second-order valence-corrected chi connectivity index (χ2v) is 6.08. The Morgan fingerprint density at radius 1 is 1.29 bits per heavy atom. The summed E-state index contributed by atoms with van der Waals surface area (Å²) in [4.78, 5) is 11.1. The highest BCUT2D eigenvalue weighted by Gasteiger charge is 2.26. The second kappa shape index (κ2) is 7.30. The third kappa shape index (κ3) is 4.62. The zero-order valence-electron chi connectivity index (χ0n) is 13.7. The maximum Gasteiger partial charge on any atom is 0.309 e. The first-order valence-corrected chi connectivity index (χ1v) is 7.38. The number of carbonyl (C=O) groups is 1. The molecular formula is C18H26O3. The Morgan fingerprint density at radius 2 is 1.90 bits per heavy atom. The minimum absolute atomic E-state index is 0.533. The highest BCUT2D eigenvalue weighted by Crippen LogP contribution is 2.29. The van der Waals surface area contributed by atoms with Crippen LogP contribution in [0.4, 0.5) is 0 Å². The first-order valence-electron chi connectivity index (χ1n) is 7.38. The lowest BCUT2D eigenvalue weighted by Gasteiger charge is -2.19. The largest absolute Gasteiger partial charge is 0.493 e. The van der Waals surface area contributed by atoms with Crippen molar-refractivity contribution in [1.29, 1.82) is 0 Å². The van der Waals surface area contributed by atoms with Crippen LogP contribution in [0.1, 0.15) is 50.3 Å². The molecule has 0 fully saturated rings. The zero-order chi connectivity index (χ0) is 16.0. The van der Waals surface area contributed by atoms with Gasteiger partial charge in [0.15, 0.2) is 0 Å². The van der Waals surface area contributed by atoms with Gasteiger partial charge >= 0.3 is 5.97 Å². The van der Waals surface area contributed by atoms with Crippen molar-refractivity contribution in [2.45, 2.75) is 47.5 Å². The second-order valence-electron chi connectivity index (χ2n) is 6.08. The Bertz CT molecular complexity index is 528. The van der Waals surface area contributed by atoms with Crippen molar-refractivity contribution >= 4 is 12.0 Å². The van der Waals surface area contributed by atoms with Crippen LogP contribution in [0.25, 0.3) is 6.08 Å². The van der Waals surface area contributed by atoms with E-state index in [2.05, 4.69) is 25.1 Å².